The molecule has 152 valence electrons. The third kappa shape index (κ3) is 4.04. The summed E-state index contributed by atoms with van der Waals surface area (Å²) in [5.74, 6) is 0.286. The molecule has 0 atom stereocenters. The first-order valence-electron chi connectivity index (χ1n) is 10.7. The van der Waals surface area contributed by atoms with Gasteiger partial charge in [-0.1, -0.05) is 62.2 Å². The SMILES string of the molecule is Cc1noc2nc(C(C)C)cc(C(=O)N(CCc3ccccc3)C3CCCC3)c12. The van der Waals surface area contributed by atoms with Crippen LogP contribution in [0.25, 0.3) is 11.1 Å². The molecule has 4 rings (SSSR count). The van der Waals surface area contributed by atoms with Gasteiger partial charge < -0.3 is 9.42 Å². The average Bonchev–Trinajstić information content (AvgIpc) is 3.38. The largest absolute Gasteiger partial charge is 0.336 e. The lowest BCUT2D eigenvalue weighted by atomic mass is 10.0. The molecular weight excluding hydrogens is 362 g/mol. The molecule has 1 amide bonds. The fourth-order valence-corrected chi connectivity index (χ4v) is 4.29. The third-order valence-corrected chi connectivity index (χ3v) is 5.97. The molecule has 0 unspecified atom stereocenters. The Morgan fingerprint density at radius 1 is 1.21 bits per heavy atom. The van der Waals surface area contributed by atoms with Gasteiger partial charge in [-0.25, -0.2) is 4.98 Å². The Bertz CT molecular complexity index is 988. The number of carbonyl (C=O) groups excluding carboxylic acids is 1. The van der Waals surface area contributed by atoms with E-state index in [1.807, 2.05) is 19.1 Å². The number of amides is 1. The minimum Gasteiger partial charge on any atom is -0.336 e. The highest BCUT2D eigenvalue weighted by Crippen LogP contribution is 2.30. The number of aryl methyl sites for hydroxylation is 1. The van der Waals surface area contributed by atoms with Crippen molar-refractivity contribution >= 4 is 17.0 Å². The van der Waals surface area contributed by atoms with Crippen LogP contribution >= 0.6 is 0 Å². The summed E-state index contributed by atoms with van der Waals surface area (Å²) in [5, 5.41) is 4.83. The highest BCUT2D eigenvalue weighted by atomic mass is 16.5. The maximum Gasteiger partial charge on any atom is 0.259 e. The van der Waals surface area contributed by atoms with Gasteiger partial charge in [0.05, 0.1) is 16.6 Å². The molecule has 1 aliphatic rings. The Kier molecular flexibility index (Phi) is 5.65. The molecule has 3 aromatic rings. The van der Waals surface area contributed by atoms with Crippen LogP contribution in [0, 0.1) is 6.92 Å². The van der Waals surface area contributed by atoms with Gasteiger partial charge in [-0.05, 0) is 43.7 Å². The predicted molar refractivity (Wildman–Crippen MR) is 114 cm³/mol. The zero-order valence-electron chi connectivity index (χ0n) is 17.5. The Morgan fingerprint density at radius 3 is 2.62 bits per heavy atom. The number of pyridine rings is 1. The number of aromatic nitrogens is 2. The van der Waals surface area contributed by atoms with Gasteiger partial charge in [-0.3, -0.25) is 4.79 Å². The van der Waals surface area contributed by atoms with Crippen LogP contribution in [0.5, 0.6) is 0 Å². The van der Waals surface area contributed by atoms with Gasteiger partial charge in [-0.15, -0.1) is 0 Å². The topological polar surface area (TPSA) is 59.2 Å². The molecule has 0 radical (unpaired) electrons. The number of hydrogen-bond acceptors (Lipinski definition) is 4. The molecule has 1 saturated carbocycles. The molecule has 0 N–H and O–H groups in total. The fourth-order valence-electron chi connectivity index (χ4n) is 4.29. The van der Waals surface area contributed by atoms with Gasteiger partial charge in [0, 0.05) is 18.3 Å². The molecule has 0 saturated heterocycles. The van der Waals surface area contributed by atoms with Crippen molar-refractivity contribution in [2.45, 2.75) is 64.8 Å². The number of fused-ring (bicyclic) bond motifs is 1. The number of benzene rings is 1. The highest BCUT2D eigenvalue weighted by Gasteiger charge is 2.30. The Hall–Kier alpha value is -2.69. The van der Waals surface area contributed by atoms with E-state index in [-0.39, 0.29) is 11.8 Å². The van der Waals surface area contributed by atoms with Crippen LogP contribution in [0.15, 0.2) is 40.9 Å². The van der Waals surface area contributed by atoms with E-state index in [1.54, 1.807) is 0 Å². The van der Waals surface area contributed by atoms with Crippen LogP contribution in [0.2, 0.25) is 0 Å². The van der Waals surface area contributed by atoms with Crippen LogP contribution in [-0.2, 0) is 6.42 Å². The minimum atomic E-state index is 0.0773. The van der Waals surface area contributed by atoms with Crippen LogP contribution < -0.4 is 0 Å². The van der Waals surface area contributed by atoms with Crippen molar-refractivity contribution in [2.24, 2.45) is 0 Å². The molecule has 0 aliphatic heterocycles. The monoisotopic (exact) mass is 391 g/mol. The number of nitrogens with zero attached hydrogens (tertiary/aromatic N) is 3. The normalized spacial score (nSPS) is 14.8. The average molecular weight is 392 g/mol. The molecule has 0 spiro atoms. The van der Waals surface area contributed by atoms with Crippen LogP contribution in [0.1, 0.15) is 72.8 Å². The van der Waals surface area contributed by atoms with E-state index in [1.165, 1.54) is 18.4 Å². The standard InChI is InChI=1S/C24H29N3O2/c1-16(2)21-15-20(22-17(3)26-29-23(22)25-21)24(28)27(19-11-7-8-12-19)14-13-18-9-5-4-6-10-18/h4-6,9-10,15-16,19H,7-8,11-14H2,1-3H3. The number of hydrogen-bond donors (Lipinski definition) is 0. The van der Waals surface area contributed by atoms with Gasteiger partial charge in [0.2, 0.25) is 0 Å². The van der Waals surface area contributed by atoms with E-state index >= 15 is 0 Å². The summed E-state index contributed by atoms with van der Waals surface area (Å²) < 4.78 is 5.43. The maximum absolute atomic E-state index is 13.8. The quantitative estimate of drug-likeness (QED) is 0.573. The molecule has 0 bridgehead atoms. The zero-order chi connectivity index (χ0) is 20.4. The first kappa shape index (κ1) is 19.6. The van der Waals surface area contributed by atoms with E-state index in [9.17, 15) is 4.79 Å². The summed E-state index contributed by atoms with van der Waals surface area (Å²) >= 11 is 0. The van der Waals surface area contributed by atoms with Gasteiger partial charge >= 0.3 is 0 Å². The van der Waals surface area contributed by atoms with E-state index < -0.39 is 0 Å². The van der Waals surface area contributed by atoms with E-state index in [4.69, 9.17) is 4.52 Å². The second-order valence-corrected chi connectivity index (χ2v) is 8.37. The molecule has 2 aromatic heterocycles. The van der Waals surface area contributed by atoms with Crippen molar-refractivity contribution in [3.8, 4) is 0 Å². The summed E-state index contributed by atoms with van der Waals surface area (Å²) in [5.41, 5.74) is 3.99. The number of rotatable bonds is 6. The van der Waals surface area contributed by atoms with Gasteiger partial charge in [-0.2, -0.15) is 0 Å². The van der Waals surface area contributed by atoms with Crippen molar-refractivity contribution < 1.29 is 9.32 Å². The summed E-state index contributed by atoms with van der Waals surface area (Å²) in [6.45, 7) is 6.76. The lowest BCUT2D eigenvalue weighted by Gasteiger charge is -2.29. The fraction of sp³-hybridized carbons (Fsp3) is 0.458. The van der Waals surface area contributed by atoms with Crippen molar-refractivity contribution in [1.29, 1.82) is 0 Å². The van der Waals surface area contributed by atoms with Crippen LogP contribution in [-0.4, -0.2) is 33.5 Å². The van der Waals surface area contributed by atoms with Crippen molar-refractivity contribution in [1.82, 2.24) is 15.0 Å². The summed E-state index contributed by atoms with van der Waals surface area (Å²) in [6.07, 6.45) is 5.39. The smallest absolute Gasteiger partial charge is 0.259 e. The van der Waals surface area contributed by atoms with Gasteiger partial charge in [0.1, 0.15) is 0 Å². The minimum absolute atomic E-state index is 0.0773. The molecule has 1 aliphatic carbocycles. The van der Waals surface area contributed by atoms with E-state index in [2.05, 4.69) is 53.2 Å². The molecule has 1 aromatic carbocycles. The molecular formula is C24H29N3O2. The first-order chi connectivity index (χ1) is 14.0. The number of carbonyl (C=O) groups is 1. The Morgan fingerprint density at radius 2 is 1.93 bits per heavy atom. The molecule has 5 heteroatoms. The Labute approximate surface area is 172 Å². The third-order valence-electron chi connectivity index (χ3n) is 5.97. The van der Waals surface area contributed by atoms with Crippen LogP contribution in [0.3, 0.4) is 0 Å². The van der Waals surface area contributed by atoms with Crippen LogP contribution in [0.4, 0.5) is 0 Å². The molecule has 5 nitrogen and oxygen atoms in total. The lowest BCUT2D eigenvalue weighted by Crippen LogP contribution is -2.40. The van der Waals surface area contributed by atoms with E-state index in [0.717, 1.165) is 42.6 Å². The summed E-state index contributed by atoms with van der Waals surface area (Å²) in [7, 11) is 0. The van der Waals surface area contributed by atoms with Crippen molar-refractivity contribution in [3.05, 3.63) is 58.9 Å². The Balaban J connectivity index is 1.70. The summed E-state index contributed by atoms with van der Waals surface area (Å²) in [6, 6.07) is 12.6. The molecule has 1 fully saturated rings. The second-order valence-electron chi connectivity index (χ2n) is 8.37. The van der Waals surface area contributed by atoms with Crippen molar-refractivity contribution in [2.75, 3.05) is 6.54 Å². The van der Waals surface area contributed by atoms with Gasteiger partial charge in [0.25, 0.3) is 11.6 Å². The maximum atomic E-state index is 13.8. The highest BCUT2D eigenvalue weighted by molar-refractivity contribution is 6.06. The zero-order valence-corrected chi connectivity index (χ0v) is 17.5. The predicted octanol–water partition coefficient (Wildman–Crippen LogP) is 5.28. The molecule has 2 heterocycles. The first-order valence-corrected chi connectivity index (χ1v) is 10.7. The second kappa shape index (κ2) is 8.36. The summed E-state index contributed by atoms with van der Waals surface area (Å²) in [4.78, 5) is 20.5. The van der Waals surface area contributed by atoms with Gasteiger partial charge in [0.15, 0.2) is 0 Å². The lowest BCUT2D eigenvalue weighted by molar-refractivity contribution is 0.0685. The van der Waals surface area contributed by atoms with Crippen molar-refractivity contribution in [3.63, 3.8) is 0 Å². The molecule has 29 heavy (non-hydrogen) atoms. The van der Waals surface area contributed by atoms with E-state index in [0.29, 0.717) is 17.3 Å².